The van der Waals surface area contributed by atoms with Gasteiger partial charge < -0.3 is 9.72 Å². The number of hydrazone groups is 1. The maximum Gasteiger partial charge on any atom is 0.337 e. The maximum absolute atomic E-state index is 12.1. The maximum atomic E-state index is 12.1. The average molecular weight is 393 g/mol. The molecule has 146 valence electrons. The largest absolute Gasteiger partial charge is 0.465 e. The highest BCUT2D eigenvalue weighted by Crippen LogP contribution is 2.38. The van der Waals surface area contributed by atoms with Gasteiger partial charge in [-0.25, -0.2) is 9.80 Å². The van der Waals surface area contributed by atoms with Gasteiger partial charge in [-0.2, -0.15) is 5.10 Å². The molecule has 5 heteroatoms. The Hall–Kier alpha value is -4.12. The molecule has 0 aliphatic heterocycles. The highest BCUT2D eigenvalue weighted by atomic mass is 16.5. The van der Waals surface area contributed by atoms with Gasteiger partial charge in [-0.05, 0) is 47.5 Å². The Bertz CT molecular complexity index is 1240. The lowest BCUT2D eigenvalue weighted by atomic mass is 10.0. The zero-order chi connectivity index (χ0) is 20.5. The van der Waals surface area contributed by atoms with Crippen LogP contribution in [0.5, 0.6) is 0 Å². The predicted octanol–water partition coefficient (Wildman–Crippen LogP) is 5.37. The first-order valence-electron chi connectivity index (χ1n) is 9.66. The number of esters is 1. The van der Waals surface area contributed by atoms with Crippen LogP contribution < -0.4 is 5.01 Å². The van der Waals surface area contributed by atoms with Gasteiger partial charge in [0.05, 0.1) is 24.1 Å². The minimum atomic E-state index is -0.349. The van der Waals surface area contributed by atoms with Crippen LogP contribution in [0.3, 0.4) is 0 Å². The quantitative estimate of drug-likeness (QED) is 0.330. The molecular formula is C25H19N3O2. The van der Waals surface area contributed by atoms with Crippen LogP contribution in [-0.4, -0.2) is 23.8 Å². The fourth-order valence-corrected chi connectivity index (χ4v) is 3.77. The summed E-state index contributed by atoms with van der Waals surface area (Å²) in [7, 11) is 1.39. The SMILES string of the molecule is COC(=O)c1ccc2c(c1)-c1ccccc1/C2=N\N(c1ccccc1)c1ccc[nH]1. The van der Waals surface area contributed by atoms with Gasteiger partial charge in [0.15, 0.2) is 0 Å². The molecule has 0 amide bonds. The van der Waals surface area contributed by atoms with Gasteiger partial charge in [0.25, 0.3) is 0 Å². The summed E-state index contributed by atoms with van der Waals surface area (Å²) >= 11 is 0. The summed E-state index contributed by atoms with van der Waals surface area (Å²) in [6.45, 7) is 0. The van der Waals surface area contributed by atoms with Crippen molar-refractivity contribution in [3.63, 3.8) is 0 Å². The topological polar surface area (TPSA) is 57.7 Å². The van der Waals surface area contributed by atoms with Crippen molar-refractivity contribution in [3.05, 3.63) is 108 Å². The van der Waals surface area contributed by atoms with Gasteiger partial charge in [0.2, 0.25) is 0 Å². The molecular weight excluding hydrogens is 374 g/mol. The minimum Gasteiger partial charge on any atom is -0.465 e. The number of methoxy groups -OCH3 is 1. The Morgan fingerprint density at radius 2 is 1.57 bits per heavy atom. The van der Waals surface area contributed by atoms with E-state index in [2.05, 4.69) is 17.1 Å². The van der Waals surface area contributed by atoms with Crippen LogP contribution in [0.25, 0.3) is 11.1 Å². The van der Waals surface area contributed by atoms with Crippen molar-refractivity contribution in [2.24, 2.45) is 5.10 Å². The fourth-order valence-electron chi connectivity index (χ4n) is 3.77. The Morgan fingerprint density at radius 1 is 0.833 bits per heavy atom. The van der Waals surface area contributed by atoms with Gasteiger partial charge in [-0.3, -0.25) is 0 Å². The van der Waals surface area contributed by atoms with Gasteiger partial charge in [0, 0.05) is 17.3 Å². The van der Waals surface area contributed by atoms with E-state index in [4.69, 9.17) is 9.84 Å². The van der Waals surface area contributed by atoms with E-state index in [9.17, 15) is 4.79 Å². The summed E-state index contributed by atoms with van der Waals surface area (Å²) in [6.07, 6.45) is 1.88. The number of anilines is 2. The number of para-hydroxylation sites is 1. The fraction of sp³-hybridized carbons (Fsp3) is 0.0400. The molecule has 0 bridgehead atoms. The molecule has 1 heterocycles. The molecule has 1 aromatic heterocycles. The number of aromatic amines is 1. The third-order valence-electron chi connectivity index (χ3n) is 5.18. The van der Waals surface area contributed by atoms with Crippen LogP contribution in [-0.2, 0) is 4.74 Å². The lowest BCUT2D eigenvalue weighted by Crippen LogP contribution is -2.14. The van der Waals surface area contributed by atoms with Gasteiger partial charge >= 0.3 is 5.97 Å². The second kappa shape index (κ2) is 7.37. The minimum absolute atomic E-state index is 0.349. The van der Waals surface area contributed by atoms with E-state index in [0.29, 0.717) is 5.56 Å². The van der Waals surface area contributed by atoms with E-state index in [1.165, 1.54) is 7.11 Å². The number of carbonyl (C=O) groups excluding carboxylic acids is 1. The zero-order valence-electron chi connectivity index (χ0n) is 16.4. The number of rotatable bonds is 4. The van der Waals surface area contributed by atoms with Crippen LogP contribution in [0.15, 0.2) is 96.2 Å². The van der Waals surface area contributed by atoms with Crippen molar-refractivity contribution in [2.75, 3.05) is 12.1 Å². The van der Waals surface area contributed by atoms with E-state index in [1.807, 2.05) is 77.9 Å². The molecule has 1 aliphatic rings. The summed E-state index contributed by atoms with van der Waals surface area (Å²) < 4.78 is 4.90. The molecule has 3 aromatic carbocycles. The molecule has 4 aromatic rings. The number of H-pyrrole nitrogens is 1. The van der Waals surface area contributed by atoms with Crippen LogP contribution in [0, 0.1) is 0 Å². The highest BCUT2D eigenvalue weighted by molar-refractivity contribution is 6.25. The highest BCUT2D eigenvalue weighted by Gasteiger charge is 2.27. The normalized spacial score (nSPS) is 13.0. The smallest absolute Gasteiger partial charge is 0.337 e. The van der Waals surface area contributed by atoms with E-state index in [-0.39, 0.29) is 5.97 Å². The van der Waals surface area contributed by atoms with Crippen LogP contribution in [0.4, 0.5) is 11.5 Å². The molecule has 1 aliphatic carbocycles. The van der Waals surface area contributed by atoms with Crippen LogP contribution in [0.2, 0.25) is 0 Å². The predicted molar refractivity (Wildman–Crippen MR) is 118 cm³/mol. The molecule has 0 fully saturated rings. The summed E-state index contributed by atoms with van der Waals surface area (Å²) in [5.41, 5.74) is 6.37. The monoisotopic (exact) mass is 393 g/mol. The summed E-state index contributed by atoms with van der Waals surface area (Å²) in [4.78, 5) is 15.3. The Balaban J connectivity index is 1.71. The molecule has 0 saturated carbocycles. The van der Waals surface area contributed by atoms with E-state index >= 15 is 0 Å². The average Bonchev–Trinajstić information content (AvgIpc) is 3.44. The third kappa shape index (κ3) is 2.97. The number of nitrogens with zero attached hydrogens (tertiary/aromatic N) is 2. The number of nitrogens with one attached hydrogen (secondary N) is 1. The molecule has 0 spiro atoms. The molecule has 1 N–H and O–H groups in total. The van der Waals surface area contributed by atoms with E-state index < -0.39 is 0 Å². The first-order chi connectivity index (χ1) is 14.8. The van der Waals surface area contributed by atoms with Crippen molar-refractivity contribution >= 4 is 23.2 Å². The molecule has 0 radical (unpaired) electrons. The number of ether oxygens (including phenoxy) is 1. The van der Waals surface area contributed by atoms with E-state index in [1.54, 1.807) is 6.07 Å². The first-order valence-corrected chi connectivity index (χ1v) is 9.66. The lowest BCUT2D eigenvalue weighted by Gasteiger charge is -2.19. The molecule has 0 saturated heterocycles. The second-order valence-corrected chi connectivity index (χ2v) is 6.95. The lowest BCUT2D eigenvalue weighted by molar-refractivity contribution is 0.0601. The van der Waals surface area contributed by atoms with Crippen molar-refractivity contribution in [1.82, 2.24) is 4.98 Å². The Kier molecular flexibility index (Phi) is 4.41. The standard InChI is InChI=1S/C25H19N3O2/c1-30-25(29)17-13-14-21-22(16-17)19-10-5-6-11-20(19)24(21)27-28(23-12-7-15-26-23)18-8-3-2-4-9-18/h2-16,26H,1H3/b27-24+. The molecule has 0 unspecified atom stereocenters. The summed E-state index contributed by atoms with van der Waals surface area (Å²) in [6, 6.07) is 27.7. The number of aromatic nitrogens is 1. The summed E-state index contributed by atoms with van der Waals surface area (Å²) in [5.74, 6) is 0.517. The van der Waals surface area contributed by atoms with Crippen molar-refractivity contribution in [2.45, 2.75) is 0 Å². The van der Waals surface area contributed by atoms with Crippen molar-refractivity contribution < 1.29 is 9.53 Å². The third-order valence-corrected chi connectivity index (χ3v) is 5.18. The molecule has 0 atom stereocenters. The Morgan fingerprint density at radius 3 is 2.30 bits per heavy atom. The Labute approximate surface area is 174 Å². The molecule has 5 rings (SSSR count). The van der Waals surface area contributed by atoms with Crippen LogP contribution in [0.1, 0.15) is 21.5 Å². The second-order valence-electron chi connectivity index (χ2n) is 6.95. The zero-order valence-corrected chi connectivity index (χ0v) is 16.4. The van der Waals surface area contributed by atoms with Crippen molar-refractivity contribution in [3.8, 4) is 11.1 Å². The molecule has 5 nitrogen and oxygen atoms in total. The molecule has 30 heavy (non-hydrogen) atoms. The van der Waals surface area contributed by atoms with Crippen LogP contribution >= 0.6 is 0 Å². The summed E-state index contributed by atoms with van der Waals surface area (Å²) in [5, 5.41) is 6.97. The van der Waals surface area contributed by atoms with Gasteiger partial charge in [-0.15, -0.1) is 0 Å². The number of benzene rings is 3. The first kappa shape index (κ1) is 17.9. The van der Waals surface area contributed by atoms with Crippen molar-refractivity contribution in [1.29, 1.82) is 0 Å². The number of hydrogen-bond donors (Lipinski definition) is 1. The number of fused-ring (bicyclic) bond motifs is 3. The number of hydrogen-bond acceptors (Lipinski definition) is 4. The number of carbonyl (C=O) groups is 1. The van der Waals surface area contributed by atoms with Gasteiger partial charge in [-0.1, -0.05) is 48.5 Å². The van der Waals surface area contributed by atoms with E-state index in [0.717, 1.165) is 39.5 Å². The van der Waals surface area contributed by atoms with Gasteiger partial charge in [0.1, 0.15) is 5.82 Å².